The third-order valence-corrected chi connectivity index (χ3v) is 7.04. The largest absolute Gasteiger partial charge is 0.496 e. The molecule has 0 aliphatic carbocycles. The second-order valence-corrected chi connectivity index (χ2v) is 9.43. The number of rotatable bonds is 9. The summed E-state index contributed by atoms with van der Waals surface area (Å²) < 4.78 is 6.84. The van der Waals surface area contributed by atoms with E-state index >= 15 is 0 Å². The number of para-hydroxylation sites is 1. The molecule has 1 amide bonds. The first kappa shape index (κ1) is 21.6. The number of amides is 1. The van der Waals surface area contributed by atoms with E-state index in [4.69, 9.17) is 16.3 Å². The molecule has 0 fully saturated rings. The SMILES string of the molecule is COc1ccccc1C=NNC(=O)CSc1nnc(SCc2ccc(Cl)cc2)s1. The topological polar surface area (TPSA) is 76.5 Å². The van der Waals surface area contributed by atoms with Crippen LogP contribution in [0.2, 0.25) is 5.02 Å². The van der Waals surface area contributed by atoms with Gasteiger partial charge in [0.2, 0.25) is 0 Å². The van der Waals surface area contributed by atoms with Crippen molar-refractivity contribution in [1.29, 1.82) is 0 Å². The van der Waals surface area contributed by atoms with E-state index in [1.54, 1.807) is 25.1 Å². The Labute approximate surface area is 186 Å². The minimum Gasteiger partial charge on any atom is -0.496 e. The molecule has 0 aliphatic heterocycles. The molecule has 1 heterocycles. The van der Waals surface area contributed by atoms with E-state index < -0.39 is 0 Å². The molecule has 0 saturated heterocycles. The fraction of sp³-hybridized carbons (Fsp3) is 0.158. The van der Waals surface area contributed by atoms with Gasteiger partial charge in [0, 0.05) is 16.3 Å². The van der Waals surface area contributed by atoms with E-state index in [1.807, 2.05) is 48.5 Å². The zero-order valence-corrected chi connectivity index (χ0v) is 18.6. The number of hydrogen-bond acceptors (Lipinski definition) is 8. The van der Waals surface area contributed by atoms with Crippen LogP contribution in [-0.2, 0) is 10.5 Å². The summed E-state index contributed by atoms with van der Waals surface area (Å²) in [6.07, 6.45) is 1.55. The van der Waals surface area contributed by atoms with Crippen molar-refractivity contribution in [2.45, 2.75) is 14.4 Å². The molecule has 1 N–H and O–H groups in total. The predicted octanol–water partition coefficient (Wildman–Crippen LogP) is 4.73. The van der Waals surface area contributed by atoms with Gasteiger partial charge in [-0.05, 0) is 29.8 Å². The quantitative estimate of drug-likeness (QED) is 0.280. The number of hydrogen-bond donors (Lipinski definition) is 1. The molecular formula is C19H17ClN4O2S3. The first-order chi connectivity index (χ1) is 14.1. The van der Waals surface area contributed by atoms with Gasteiger partial charge in [0.15, 0.2) is 8.68 Å². The molecule has 1 aromatic heterocycles. The lowest BCUT2D eigenvalue weighted by atomic mass is 10.2. The van der Waals surface area contributed by atoms with Gasteiger partial charge in [0.25, 0.3) is 5.91 Å². The summed E-state index contributed by atoms with van der Waals surface area (Å²) in [5, 5.41) is 13.0. The summed E-state index contributed by atoms with van der Waals surface area (Å²) in [6.45, 7) is 0. The fourth-order valence-corrected chi connectivity index (χ4v) is 5.04. The number of methoxy groups -OCH3 is 1. The third kappa shape index (κ3) is 7.04. The number of carbonyl (C=O) groups is 1. The molecule has 2 aromatic carbocycles. The van der Waals surface area contributed by atoms with E-state index in [1.165, 1.54) is 23.1 Å². The predicted molar refractivity (Wildman–Crippen MR) is 120 cm³/mol. The Morgan fingerprint density at radius 3 is 2.66 bits per heavy atom. The van der Waals surface area contributed by atoms with Crippen LogP contribution < -0.4 is 10.2 Å². The molecule has 3 aromatic rings. The normalized spacial score (nSPS) is 11.0. The Morgan fingerprint density at radius 2 is 1.90 bits per heavy atom. The van der Waals surface area contributed by atoms with Gasteiger partial charge < -0.3 is 4.74 Å². The Morgan fingerprint density at radius 1 is 1.17 bits per heavy atom. The molecule has 0 radical (unpaired) electrons. The van der Waals surface area contributed by atoms with E-state index in [0.717, 1.165) is 30.6 Å². The zero-order chi connectivity index (χ0) is 20.5. The van der Waals surface area contributed by atoms with Gasteiger partial charge in [-0.25, -0.2) is 5.43 Å². The maximum Gasteiger partial charge on any atom is 0.250 e. The van der Waals surface area contributed by atoms with E-state index in [9.17, 15) is 4.79 Å². The number of hydrazone groups is 1. The minimum atomic E-state index is -0.216. The lowest BCUT2D eigenvalue weighted by molar-refractivity contribution is -0.118. The zero-order valence-electron chi connectivity index (χ0n) is 15.4. The van der Waals surface area contributed by atoms with Crippen LogP contribution in [0.1, 0.15) is 11.1 Å². The summed E-state index contributed by atoms with van der Waals surface area (Å²) in [7, 11) is 1.59. The maximum absolute atomic E-state index is 12.0. The molecule has 0 atom stereocenters. The van der Waals surface area contributed by atoms with Crippen LogP contribution in [0.15, 0.2) is 62.3 Å². The molecule has 3 rings (SSSR count). The highest BCUT2D eigenvalue weighted by molar-refractivity contribution is 8.03. The van der Waals surface area contributed by atoms with Gasteiger partial charge >= 0.3 is 0 Å². The third-order valence-electron chi connectivity index (χ3n) is 3.52. The summed E-state index contributed by atoms with van der Waals surface area (Å²) >= 11 is 10.3. The van der Waals surface area contributed by atoms with Crippen LogP contribution in [0, 0.1) is 0 Å². The van der Waals surface area contributed by atoms with Crippen molar-refractivity contribution in [2.24, 2.45) is 5.10 Å². The first-order valence-electron chi connectivity index (χ1n) is 8.42. The molecule has 0 saturated carbocycles. The highest BCUT2D eigenvalue weighted by atomic mass is 35.5. The highest BCUT2D eigenvalue weighted by Crippen LogP contribution is 2.30. The van der Waals surface area contributed by atoms with Gasteiger partial charge in [-0.3, -0.25) is 4.79 Å². The lowest BCUT2D eigenvalue weighted by Crippen LogP contribution is -2.19. The Bertz CT molecular complexity index is 980. The lowest BCUT2D eigenvalue weighted by Gasteiger charge is -2.03. The number of halogens is 1. The second-order valence-electron chi connectivity index (χ2n) is 5.57. The molecule has 10 heteroatoms. The van der Waals surface area contributed by atoms with E-state index in [2.05, 4.69) is 20.7 Å². The molecule has 150 valence electrons. The van der Waals surface area contributed by atoms with Crippen molar-refractivity contribution < 1.29 is 9.53 Å². The molecular weight excluding hydrogens is 448 g/mol. The number of nitrogens with zero attached hydrogens (tertiary/aromatic N) is 3. The van der Waals surface area contributed by atoms with Gasteiger partial charge in [0.1, 0.15) is 5.75 Å². The Hall–Kier alpha value is -2.07. The number of nitrogens with one attached hydrogen (secondary N) is 1. The van der Waals surface area contributed by atoms with Crippen molar-refractivity contribution in [3.05, 3.63) is 64.7 Å². The maximum atomic E-state index is 12.0. The Kier molecular flexibility index (Phi) is 8.36. The van der Waals surface area contributed by atoms with Crippen molar-refractivity contribution >= 4 is 58.6 Å². The number of carbonyl (C=O) groups excluding carboxylic acids is 1. The summed E-state index contributed by atoms with van der Waals surface area (Å²) in [5.74, 6) is 1.47. The molecule has 0 spiro atoms. The van der Waals surface area contributed by atoms with Crippen molar-refractivity contribution in [2.75, 3.05) is 12.9 Å². The molecule has 0 bridgehead atoms. The van der Waals surface area contributed by atoms with E-state index in [0.29, 0.717) is 5.75 Å². The fourth-order valence-electron chi connectivity index (χ4n) is 2.15. The van der Waals surface area contributed by atoms with Crippen molar-refractivity contribution in [3.8, 4) is 5.75 Å². The van der Waals surface area contributed by atoms with Gasteiger partial charge in [-0.2, -0.15) is 5.10 Å². The van der Waals surface area contributed by atoms with Crippen LogP contribution in [0.5, 0.6) is 5.75 Å². The van der Waals surface area contributed by atoms with E-state index in [-0.39, 0.29) is 11.7 Å². The average molecular weight is 465 g/mol. The summed E-state index contributed by atoms with van der Waals surface area (Å²) in [5.41, 5.74) is 4.45. The first-order valence-corrected chi connectivity index (χ1v) is 11.6. The van der Waals surface area contributed by atoms with Gasteiger partial charge in [-0.15, -0.1) is 10.2 Å². The van der Waals surface area contributed by atoms with Crippen LogP contribution in [0.25, 0.3) is 0 Å². The van der Waals surface area contributed by atoms with Crippen LogP contribution in [0.3, 0.4) is 0 Å². The minimum absolute atomic E-state index is 0.208. The highest BCUT2D eigenvalue weighted by Gasteiger charge is 2.09. The Balaban J connectivity index is 1.42. The van der Waals surface area contributed by atoms with Crippen LogP contribution >= 0.6 is 46.5 Å². The number of benzene rings is 2. The second kappa shape index (κ2) is 11.2. The van der Waals surface area contributed by atoms with Gasteiger partial charge in [0.05, 0.1) is 19.1 Å². The smallest absolute Gasteiger partial charge is 0.250 e. The summed E-state index contributed by atoms with van der Waals surface area (Å²) in [6, 6.07) is 15.1. The number of thioether (sulfide) groups is 2. The molecule has 29 heavy (non-hydrogen) atoms. The molecule has 0 aliphatic rings. The van der Waals surface area contributed by atoms with Crippen molar-refractivity contribution in [3.63, 3.8) is 0 Å². The number of ether oxygens (including phenoxy) is 1. The average Bonchev–Trinajstić information content (AvgIpc) is 3.20. The molecule has 6 nitrogen and oxygen atoms in total. The monoisotopic (exact) mass is 464 g/mol. The van der Waals surface area contributed by atoms with Gasteiger partial charge in [-0.1, -0.05) is 70.7 Å². The van der Waals surface area contributed by atoms with Crippen molar-refractivity contribution in [1.82, 2.24) is 15.6 Å². The standard InChI is InChI=1S/C19H17ClN4O2S3/c1-26-16-5-3-2-4-14(16)10-21-22-17(25)12-28-19-24-23-18(29-19)27-11-13-6-8-15(20)9-7-13/h2-10H,11-12H2,1H3,(H,22,25). The molecule has 0 unspecified atom stereocenters. The summed E-state index contributed by atoms with van der Waals surface area (Å²) in [4.78, 5) is 12.0. The van der Waals surface area contributed by atoms with Crippen LogP contribution in [-0.4, -0.2) is 35.2 Å². The number of aromatic nitrogens is 2. The van der Waals surface area contributed by atoms with Crippen LogP contribution in [0.4, 0.5) is 0 Å².